The number of carbonyl (C=O) groups excluding carboxylic acids is 3. The van der Waals surface area contributed by atoms with Gasteiger partial charge < -0.3 is 24.6 Å². The van der Waals surface area contributed by atoms with E-state index in [2.05, 4.69) is 14.8 Å². The molecule has 2 aliphatic heterocycles. The van der Waals surface area contributed by atoms with E-state index >= 15 is 0 Å². The Morgan fingerprint density at radius 1 is 0.958 bits per heavy atom. The number of nitrogens with zero attached hydrogens (tertiary/aromatic N) is 4. The van der Waals surface area contributed by atoms with Crippen molar-refractivity contribution in [2.24, 2.45) is 0 Å². The molecule has 14 nitrogen and oxygen atoms in total. The lowest BCUT2D eigenvalue weighted by molar-refractivity contribution is -0.196. The molecule has 48 heavy (non-hydrogen) atoms. The van der Waals surface area contributed by atoms with Crippen LogP contribution in [0.1, 0.15) is 23.6 Å². The van der Waals surface area contributed by atoms with E-state index in [1.165, 1.54) is 28.1 Å². The van der Waals surface area contributed by atoms with Gasteiger partial charge >= 0.3 is 13.9 Å². The molecular formula is C33H35N6O8P. The molecule has 0 spiro atoms. The number of urea groups is 1. The number of likely N-dealkylation sites (N-methyl/N-ethyl adjacent to an activating group) is 1. The molecule has 3 atom stereocenters. The number of fused-ring (bicyclic) bond motifs is 2. The van der Waals surface area contributed by atoms with Gasteiger partial charge in [-0.25, -0.2) is 19.4 Å². The fourth-order valence-electron chi connectivity index (χ4n) is 6.43. The van der Waals surface area contributed by atoms with Gasteiger partial charge in [0.05, 0.1) is 18.1 Å². The van der Waals surface area contributed by atoms with Gasteiger partial charge in [-0.05, 0) is 47.2 Å². The molecule has 6 rings (SSSR count). The van der Waals surface area contributed by atoms with Gasteiger partial charge in [0.15, 0.2) is 0 Å². The molecule has 2 aliphatic rings. The normalized spacial score (nSPS) is 20.2. The number of phosphoric acid groups is 1. The van der Waals surface area contributed by atoms with E-state index in [1.807, 2.05) is 48.5 Å². The molecule has 1 aromatic heterocycles. The van der Waals surface area contributed by atoms with Crippen molar-refractivity contribution in [2.45, 2.75) is 44.7 Å². The maximum absolute atomic E-state index is 14.5. The molecule has 2 saturated heterocycles. The van der Waals surface area contributed by atoms with Crippen molar-refractivity contribution in [1.82, 2.24) is 30.1 Å². The highest BCUT2D eigenvalue weighted by atomic mass is 31.2. The van der Waals surface area contributed by atoms with Crippen molar-refractivity contribution < 1.29 is 33.3 Å². The van der Waals surface area contributed by atoms with E-state index in [9.17, 15) is 33.5 Å². The molecule has 0 saturated carbocycles. The van der Waals surface area contributed by atoms with Crippen molar-refractivity contribution >= 4 is 36.6 Å². The van der Waals surface area contributed by atoms with Gasteiger partial charge in [0.25, 0.3) is 0 Å². The van der Waals surface area contributed by atoms with Crippen LogP contribution in [0.25, 0.3) is 10.9 Å². The summed E-state index contributed by atoms with van der Waals surface area (Å²) in [6, 6.07) is 21.8. The fraction of sp³-hybridized carbons (Fsp3) is 0.273. The van der Waals surface area contributed by atoms with E-state index in [4.69, 9.17) is 0 Å². The Kier molecular flexibility index (Phi) is 9.08. The molecule has 250 valence electrons. The first-order chi connectivity index (χ1) is 22.9. The summed E-state index contributed by atoms with van der Waals surface area (Å²) in [6.45, 7) is 1.98. The van der Waals surface area contributed by atoms with E-state index in [0.717, 1.165) is 10.9 Å². The van der Waals surface area contributed by atoms with Crippen molar-refractivity contribution in [1.29, 1.82) is 0 Å². The highest BCUT2D eigenvalue weighted by Crippen LogP contribution is 2.38. The summed E-state index contributed by atoms with van der Waals surface area (Å²) in [5.74, 6) is -0.750. The molecule has 0 radical (unpaired) electrons. The van der Waals surface area contributed by atoms with Gasteiger partial charge in [0.1, 0.15) is 18.0 Å². The number of benzene rings is 3. The fourth-order valence-corrected chi connectivity index (χ4v) is 6.83. The highest BCUT2D eigenvalue weighted by Gasteiger charge is 2.54. The summed E-state index contributed by atoms with van der Waals surface area (Å²) in [4.78, 5) is 78.7. The molecular weight excluding hydrogens is 639 g/mol. The monoisotopic (exact) mass is 674 g/mol. The van der Waals surface area contributed by atoms with Crippen LogP contribution in [-0.2, 0) is 33.7 Å². The minimum Gasteiger partial charge on any atom is -0.404 e. The van der Waals surface area contributed by atoms with Gasteiger partial charge in [-0.2, -0.15) is 0 Å². The number of hydrogen-bond donors (Lipinski definition) is 4. The quantitative estimate of drug-likeness (QED) is 0.205. The largest absolute Gasteiger partial charge is 0.524 e. The first-order valence-electron chi connectivity index (χ1n) is 15.3. The van der Waals surface area contributed by atoms with Gasteiger partial charge in [0, 0.05) is 32.6 Å². The number of nitrogens with one attached hydrogen (secondary N) is 2. The van der Waals surface area contributed by atoms with Crippen LogP contribution in [0.15, 0.2) is 89.7 Å². The average molecular weight is 675 g/mol. The van der Waals surface area contributed by atoms with Crippen LogP contribution in [0.5, 0.6) is 5.75 Å². The van der Waals surface area contributed by atoms with Crippen molar-refractivity contribution in [2.75, 3.05) is 13.6 Å². The number of rotatable bonds is 8. The van der Waals surface area contributed by atoms with Gasteiger partial charge in [-0.1, -0.05) is 60.7 Å². The number of H-pyrrole nitrogens is 1. The summed E-state index contributed by atoms with van der Waals surface area (Å²) < 4.78 is 16.0. The zero-order chi connectivity index (χ0) is 34.2. The average Bonchev–Trinajstić information content (AvgIpc) is 3.04. The Balaban J connectivity index is 1.37. The lowest BCUT2D eigenvalue weighted by atomic mass is 9.94. The topological polar surface area (TPSA) is 176 Å². The molecule has 4 amide bonds. The number of carbonyl (C=O) groups is 3. The Bertz CT molecular complexity index is 1950. The second-order valence-corrected chi connectivity index (χ2v) is 13.0. The number of phosphoric ester groups is 1. The summed E-state index contributed by atoms with van der Waals surface area (Å²) in [7, 11) is -3.13. The Hall–Kier alpha value is -5.01. The molecule has 0 aliphatic carbocycles. The number of aromatic nitrogens is 1. The van der Waals surface area contributed by atoms with Crippen LogP contribution in [0.4, 0.5) is 4.79 Å². The Labute approximate surface area is 275 Å². The molecule has 0 bridgehead atoms. The standard InChI is InChI=1S/C33H35N6O8P/c1-21-31-38(29(41)20-36(2)39(31)33(43)34-18-23-7-4-3-5-8-23)27(17-22-11-14-26(15-12-22)47-48(44,45)46)32(42)37(21)19-25-10-6-9-24-13-16-28(40)35-30(24)25/h3-16,21,27,31H,17-20H2,1-2H3,(H,34,43)(H,35,40)(H2,44,45,46)/t21-,27-,31?/m0/s1. The predicted molar refractivity (Wildman–Crippen MR) is 175 cm³/mol. The van der Waals surface area contributed by atoms with E-state index < -0.39 is 32.1 Å². The van der Waals surface area contributed by atoms with Gasteiger partial charge in [-0.15, -0.1) is 0 Å². The number of para-hydroxylation sites is 1. The van der Waals surface area contributed by atoms with E-state index in [-0.39, 0.29) is 49.2 Å². The zero-order valence-electron chi connectivity index (χ0n) is 26.2. The highest BCUT2D eigenvalue weighted by molar-refractivity contribution is 7.46. The first-order valence-corrected chi connectivity index (χ1v) is 16.8. The summed E-state index contributed by atoms with van der Waals surface area (Å²) >= 11 is 0. The molecule has 15 heteroatoms. The van der Waals surface area contributed by atoms with E-state index in [0.29, 0.717) is 16.6 Å². The number of hydrazine groups is 1. The Morgan fingerprint density at radius 2 is 1.69 bits per heavy atom. The third kappa shape index (κ3) is 6.83. The van der Waals surface area contributed by atoms with E-state index in [1.54, 1.807) is 42.1 Å². The maximum atomic E-state index is 14.5. The van der Waals surface area contributed by atoms with Crippen LogP contribution in [0.2, 0.25) is 0 Å². The minimum absolute atomic E-state index is 0.0516. The second-order valence-electron chi connectivity index (χ2n) is 11.9. The predicted octanol–water partition coefficient (Wildman–Crippen LogP) is 2.57. The van der Waals surface area contributed by atoms with Crippen molar-refractivity contribution in [3.05, 3.63) is 112 Å². The third-order valence-corrected chi connectivity index (χ3v) is 9.09. The summed E-state index contributed by atoms with van der Waals surface area (Å²) in [5, 5.41) is 6.76. The molecule has 4 N–H and O–H groups in total. The van der Waals surface area contributed by atoms with Crippen molar-refractivity contribution in [3.63, 3.8) is 0 Å². The van der Waals surface area contributed by atoms with Crippen molar-refractivity contribution in [3.8, 4) is 5.75 Å². The summed E-state index contributed by atoms with van der Waals surface area (Å²) in [5.41, 5.74) is 2.47. The SMILES string of the molecule is C[C@H]1C2N(C(=O)CN(C)N2C(=O)NCc2ccccc2)[C@@H](Cc2ccc(OP(=O)(O)O)cc2)C(=O)N1Cc1cccc2ccc(=O)[nH]c12. The third-order valence-electron chi connectivity index (χ3n) is 8.64. The summed E-state index contributed by atoms with van der Waals surface area (Å²) in [6.07, 6.45) is -0.836. The number of aromatic amines is 1. The maximum Gasteiger partial charge on any atom is 0.524 e. The Morgan fingerprint density at radius 3 is 2.40 bits per heavy atom. The lowest BCUT2D eigenvalue weighted by Crippen LogP contribution is -2.78. The molecule has 3 heterocycles. The number of amides is 4. The molecule has 1 unspecified atom stereocenters. The van der Waals surface area contributed by atoms with Crippen LogP contribution in [-0.4, -0.2) is 84.3 Å². The van der Waals surface area contributed by atoms with Gasteiger partial charge in [0.2, 0.25) is 17.4 Å². The van der Waals surface area contributed by atoms with Crippen LogP contribution in [0, 0.1) is 0 Å². The molecule has 3 aromatic carbocycles. The molecule has 2 fully saturated rings. The lowest BCUT2D eigenvalue weighted by Gasteiger charge is -2.57. The number of piperazine rings is 1. The first kappa shape index (κ1) is 32.9. The number of pyridine rings is 1. The van der Waals surface area contributed by atoms with Crippen LogP contribution >= 0.6 is 7.82 Å². The smallest absolute Gasteiger partial charge is 0.404 e. The second kappa shape index (κ2) is 13.2. The minimum atomic E-state index is -4.78. The zero-order valence-corrected chi connectivity index (χ0v) is 27.1. The van der Waals surface area contributed by atoms with Gasteiger partial charge in [-0.3, -0.25) is 24.2 Å². The number of hydrogen-bond acceptors (Lipinski definition) is 7. The van der Waals surface area contributed by atoms with Crippen LogP contribution in [0.3, 0.4) is 0 Å². The molecule has 4 aromatic rings. The van der Waals surface area contributed by atoms with Crippen LogP contribution < -0.4 is 15.4 Å².